The van der Waals surface area contributed by atoms with Gasteiger partial charge in [-0.2, -0.15) is 0 Å². The highest BCUT2D eigenvalue weighted by Crippen LogP contribution is 2.38. The predicted octanol–water partition coefficient (Wildman–Crippen LogP) is 3.22. The molecule has 26 heavy (non-hydrogen) atoms. The van der Waals surface area contributed by atoms with E-state index in [0.29, 0.717) is 5.56 Å². The second kappa shape index (κ2) is 7.40. The molecule has 0 N–H and O–H groups in total. The maximum Gasteiger partial charge on any atom is 0.255 e. The quantitative estimate of drug-likeness (QED) is 0.775. The van der Waals surface area contributed by atoms with E-state index in [1.54, 1.807) is 45.2 Å². The molecule has 1 saturated heterocycles. The monoisotopic (exact) mass is 353 g/mol. The highest BCUT2D eigenvalue weighted by atomic mass is 16.8. The number of benzene rings is 2. The molecule has 1 aliphatic rings. The van der Waals surface area contributed by atoms with Crippen LogP contribution >= 0.6 is 0 Å². The Morgan fingerprint density at radius 2 is 1.54 bits per heavy atom. The van der Waals surface area contributed by atoms with Crippen molar-refractivity contribution in [3.63, 3.8) is 0 Å². The van der Waals surface area contributed by atoms with Gasteiger partial charge in [-0.3, -0.25) is 9.59 Å². The van der Waals surface area contributed by atoms with Crippen molar-refractivity contribution in [1.82, 2.24) is 4.90 Å². The van der Waals surface area contributed by atoms with Crippen LogP contribution in [-0.2, 0) is 14.3 Å². The third kappa shape index (κ3) is 4.00. The molecule has 0 aromatic heterocycles. The predicted molar refractivity (Wildman–Crippen MR) is 97.6 cm³/mol. The summed E-state index contributed by atoms with van der Waals surface area (Å²) in [4.78, 5) is 26.7. The number of carbonyl (C=O) groups is 2. The summed E-state index contributed by atoms with van der Waals surface area (Å²) in [5.74, 6) is -1.25. The molecule has 5 heteroatoms. The zero-order valence-electron chi connectivity index (χ0n) is 15.2. The van der Waals surface area contributed by atoms with Crippen molar-refractivity contribution in [2.45, 2.75) is 31.8 Å². The van der Waals surface area contributed by atoms with E-state index < -0.39 is 18.0 Å². The first-order chi connectivity index (χ1) is 12.4. The van der Waals surface area contributed by atoms with Crippen molar-refractivity contribution in [2.75, 3.05) is 13.6 Å². The molecule has 1 heterocycles. The second-order valence-electron chi connectivity index (χ2n) is 6.87. The van der Waals surface area contributed by atoms with E-state index in [2.05, 4.69) is 0 Å². The maximum atomic E-state index is 13.0. The van der Waals surface area contributed by atoms with E-state index in [1.807, 2.05) is 36.4 Å². The molecule has 1 fully saturated rings. The van der Waals surface area contributed by atoms with E-state index in [0.717, 1.165) is 5.56 Å². The third-order valence-corrected chi connectivity index (χ3v) is 4.32. The number of likely N-dealkylation sites (N-methyl/N-ethyl adjacent to an activating group) is 1. The number of amides is 1. The van der Waals surface area contributed by atoms with Gasteiger partial charge in [-0.1, -0.05) is 60.7 Å². The first-order valence-corrected chi connectivity index (χ1v) is 8.61. The minimum atomic E-state index is -0.870. The van der Waals surface area contributed by atoms with E-state index in [-0.39, 0.29) is 18.2 Å². The fraction of sp³-hybridized carbons (Fsp3) is 0.333. The molecular formula is C21H23NO4. The summed E-state index contributed by atoms with van der Waals surface area (Å²) in [5.41, 5.74) is 1.45. The van der Waals surface area contributed by atoms with Crippen LogP contribution in [0.1, 0.15) is 35.9 Å². The Morgan fingerprint density at radius 1 is 0.962 bits per heavy atom. The minimum Gasteiger partial charge on any atom is -0.339 e. The molecule has 2 atom stereocenters. The van der Waals surface area contributed by atoms with Gasteiger partial charge in [0, 0.05) is 12.6 Å². The number of hydrogen-bond donors (Lipinski definition) is 0. The van der Waals surface area contributed by atoms with Crippen LogP contribution < -0.4 is 0 Å². The average Bonchev–Trinajstić information content (AvgIpc) is 2.98. The molecule has 0 radical (unpaired) electrons. The lowest BCUT2D eigenvalue weighted by Gasteiger charge is -2.23. The van der Waals surface area contributed by atoms with Gasteiger partial charge in [0.1, 0.15) is 6.10 Å². The summed E-state index contributed by atoms with van der Waals surface area (Å²) >= 11 is 0. The van der Waals surface area contributed by atoms with Crippen LogP contribution in [0.4, 0.5) is 0 Å². The molecule has 1 amide bonds. The van der Waals surface area contributed by atoms with Crippen LogP contribution in [0.25, 0.3) is 0 Å². The highest BCUT2D eigenvalue weighted by molar-refractivity contribution is 5.99. The first kappa shape index (κ1) is 18.3. The number of carbonyl (C=O) groups excluding carboxylic acids is 2. The molecule has 0 unspecified atom stereocenters. The van der Waals surface area contributed by atoms with E-state index in [4.69, 9.17) is 9.47 Å². The lowest BCUT2D eigenvalue weighted by molar-refractivity contribution is -0.160. The Bertz CT molecular complexity index is 773. The largest absolute Gasteiger partial charge is 0.339 e. The van der Waals surface area contributed by atoms with Crippen LogP contribution in [0, 0.1) is 0 Å². The van der Waals surface area contributed by atoms with Crippen LogP contribution in [0.2, 0.25) is 0 Å². The maximum absolute atomic E-state index is 13.0. The van der Waals surface area contributed by atoms with Crippen molar-refractivity contribution >= 4 is 11.7 Å². The molecule has 0 saturated carbocycles. The molecule has 2 aromatic carbocycles. The van der Waals surface area contributed by atoms with Gasteiger partial charge in [-0.25, -0.2) is 0 Å². The van der Waals surface area contributed by atoms with Gasteiger partial charge in [0.15, 0.2) is 17.7 Å². The summed E-state index contributed by atoms with van der Waals surface area (Å²) in [5, 5.41) is 0. The summed E-state index contributed by atoms with van der Waals surface area (Å²) < 4.78 is 11.8. The number of nitrogens with zero attached hydrogens (tertiary/aromatic N) is 1. The Balaban J connectivity index is 1.75. The van der Waals surface area contributed by atoms with Crippen molar-refractivity contribution in [2.24, 2.45) is 0 Å². The molecule has 2 aromatic rings. The zero-order valence-corrected chi connectivity index (χ0v) is 15.2. The second-order valence-corrected chi connectivity index (χ2v) is 6.87. The smallest absolute Gasteiger partial charge is 0.255 e. The summed E-state index contributed by atoms with van der Waals surface area (Å²) in [6.45, 7) is 3.56. The van der Waals surface area contributed by atoms with Gasteiger partial charge in [0.25, 0.3) is 5.91 Å². The topological polar surface area (TPSA) is 55.8 Å². The van der Waals surface area contributed by atoms with Crippen LogP contribution in [0.15, 0.2) is 60.7 Å². The molecule has 1 aliphatic heterocycles. The number of ether oxygens (including phenoxy) is 2. The molecule has 5 nitrogen and oxygen atoms in total. The first-order valence-electron chi connectivity index (χ1n) is 8.61. The van der Waals surface area contributed by atoms with Gasteiger partial charge < -0.3 is 14.4 Å². The molecule has 0 spiro atoms. The van der Waals surface area contributed by atoms with Crippen LogP contribution in [-0.4, -0.2) is 42.1 Å². The van der Waals surface area contributed by atoms with Crippen LogP contribution in [0.3, 0.4) is 0 Å². The summed E-state index contributed by atoms with van der Waals surface area (Å²) in [6, 6.07) is 18.5. The highest BCUT2D eigenvalue weighted by Gasteiger charge is 2.46. The number of hydrogen-bond acceptors (Lipinski definition) is 4. The van der Waals surface area contributed by atoms with Crippen molar-refractivity contribution in [1.29, 1.82) is 0 Å². The van der Waals surface area contributed by atoms with E-state index in [9.17, 15) is 9.59 Å². The lowest BCUT2D eigenvalue weighted by atomic mass is 10.0. The summed E-state index contributed by atoms with van der Waals surface area (Å²) in [7, 11) is 1.61. The fourth-order valence-corrected chi connectivity index (χ4v) is 3.05. The SMILES string of the molecule is CN(CC(=O)c1ccccc1)C(=O)[C@@H]1OC(C)(C)O[C@H]1c1ccccc1. The number of ketones is 1. The van der Waals surface area contributed by atoms with Gasteiger partial charge >= 0.3 is 0 Å². The van der Waals surface area contributed by atoms with Crippen molar-refractivity contribution in [3.05, 3.63) is 71.8 Å². The van der Waals surface area contributed by atoms with E-state index >= 15 is 0 Å². The Labute approximate surface area is 153 Å². The minimum absolute atomic E-state index is 0.00928. The van der Waals surface area contributed by atoms with Crippen molar-refractivity contribution < 1.29 is 19.1 Å². The standard InChI is InChI=1S/C21H23NO4/c1-21(2)25-18(16-12-8-5-9-13-16)19(26-21)20(24)22(3)14-17(23)15-10-6-4-7-11-15/h4-13,18-19H,14H2,1-3H3/t18-,19+/m0/s1. The van der Waals surface area contributed by atoms with E-state index in [1.165, 1.54) is 4.90 Å². The lowest BCUT2D eigenvalue weighted by Crippen LogP contribution is -2.42. The van der Waals surface area contributed by atoms with Gasteiger partial charge in [-0.15, -0.1) is 0 Å². The van der Waals surface area contributed by atoms with Crippen molar-refractivity contribution in [3.8, 4) is 0 Å². The third-order valence-electron chi connectivity index (χ3n) is 4.32. The Hall–Kier alpha value is -2.50. The zero-order chi connectivity index (χ0) is 18.7. The number of rotatable bonds is 5. The molecule has 0 bridgehead atoms. The normalized spacial score (nSPS) is 21.3. The molecule has 0 aliphatic carbocycles. The van der Waals surface area contributed by atoms with Gasteiger partial charge in [0.2, 0.25) is 0 Å². The van der Waals surface area contributed by atoms with Gasteiger partial charge in [-0.05, 0) is 19.4 Å². The van der Waals surface area contributed by atoms with Gasteiger partial charge in [0.05, 0.1) is 6.54 Å². The Kier molecular flexibility index (Phi) is 5.20. The molecule has 3 rings (SSSR count). The van der Waals surface area contributed by atoms with Crippen LogP contribution in [0.5, 0.6) is 0 Å². The molecular weight excluding hydrogens is 330 g/mol. The average molecular weight is 353 g/mol. The number of Topliss-reactive ketones (excluding diaryl/α,β-unsaturated/α-hetero) is 1. The summed E-state index contributed by atoms with van der Waals surface area (Å²) in [6.07, 6.45) is -1.30. The fourth-order valence-electron chi connectivity index (χ4n) is 3.05. The molecule has 136 valence electrons. The Morgan fingerprint density at radius 3 is 2.15 bits per heavy atom.